The van der Waals surface area contributed by atoms with Gasteiger partial charge in [0.2, 0.25) is 5.91 Å². The maximum Gasteiger partial charge on any atom is 0.232 e. The van der Waals surface area contributed by atoms with Crippen molar-refractivity contribution < 1.29 is 4.79 Å². The first kappa shape index (κ1) is 13.7. The monoisotopic (exact) mass is 318 g/mol. The Balaban J connectivity index is 2.07. The molecule has 1 heterocycles. The van der Waals surface area contributed by atoms with E-state index in [4.69, 9.17) is 0 Å². The number of nitrogens with zero attached hydrogens (tertiary/aromatic N) is 2. The fourth-order valence-electron chi connectivity index (χ4n) is 1.69. The highest BCUT2D eigenvalue weighted by Crippen LogP contribution is 2.15. The zero-order valence-corrected chi connectivity index (χ0v) is 12.5. The van der Waals surface area contributed by atoms with E-state index in [-0.39, 0.29) is 5.91 Å². The molecule has 1 aromatic heterocycles. The highest BCUT2D eigenvalue weighted by molar-refractivity contribution is 9.10. The molecule has 0 unspecified atom stereocenters. The van der Waals surface area contributed by atoms with Gasteiger partial charge >= 0.3 is 0 Å². The fourth-order valence-corrected chi connectivity index (χ4v) is 1.93. The molecular formula is C15H15BrN2O. The smallest absolute Gasteiger partial charge is 0.232 e. The lowest BCUT2D eigenvalue weighted by Crippen LogP contribution is -2.28. The van der Waals surface area contributed by atoms with Crippen LogP contribution in [0.5, 0.6) is 0 Å². The first-order chi connectivity index (χ1) is 9.06. The first-order valence-corrected chi connectivity index (χ1v) is 6.79. The van der Waals surface area contributed by atoms with Gasteiger partial charge < -0.3 is 0 Å². The minimum atomic E-state index is 0.0266. The topological polar surface area (TPSA) is 33.2 Å². The Bertz CT molecular complexity index is 564. The third-order valence-corrected chi connectivity index (χ3v) is 3.37. The Morgan fingerprint density at radius 1 is 1.21 bits per heavy atom. The molecule has 0 saturated heterocycles. The minimum absolute atomic E-state index is 0.0266. The summed E-state index contributed by atoms with van der Waals surface area (Å²) in [4.78, 5) is 17.9. The van der Waals surface area contributed by atoms with Gasteiger partial charge in [-0.05, 0) is 40.5 Å². The van der Waals surface area contributed by atoms with Crippen LogP contribution in [0.3, 0.4) is 0 Å². The van der Waals surface area contributed by atoms with Gasteiger partial charge in [0.05, 0.1) is 6.42 Å². The molecule has 0 spiro atoms. The number of carbonyl (C=O) groups excluding carboxylic acids is 1. The third-order valence-electron chi connectivity index (χ3n) is 2.91. The summed E-state index contributed by atoms with van der Waals surface area (Å²) < 4.78 is 0.899. The second-order valence-electron chi connectivity index (χ2n) is 4.45. The van der Waals surface area contributed by atoms with Crippen molar-refractivity contribution in [2.45, 2.75) is 13.3 Å². The lowest BCUT2D eigenvalue weighted by molar-refractivity contribution is -0.117. The number of benzene rings is 1. The van der Waals surface area contributed by atoms with Gasteiger partial charge in [0.1, 0.15) is 5.82 Å². The Morgan fingerprint density at radius 2 is 1.89 bits per heavy atom. The largest absolute Gasteiger partial charge is 0.300 e. The second kappa shape index (κ2) is 5.97. The van der Waals surface area contributed by atoms with Gasteiger partial charge in [0.25, 0.3) is 0 Å². The molecule has 0 saturated carbocycles. The number of amides is 1. The van der Waals surface area contributed by atoms with E-state index in [2.05, 4.69) is 20.9 Å². The number of likely N-dealkylation sites (N-methyl/N-ethyl adjacent to an activating group) is 1. The molecule has 0 bridgehead atoms. The first-order valence-electron chi connectivity index (χ1n) is 6.00. The quantitative estimate of drug-likeness (QED) is 0.869. The maximum absolute atomic E-state index is 12.2. The molecule has 0 N–H and O–H groups in total. The van der Waals surface area contributed by atoms with Gasteiger partial charge in [-0.15, -0.1) is 0 Å². The number of rotatable bonds is 3. The van der Waals surface area contributed by atoms with Gasteiger partial charge in [-0.3, -0.25) is 9.69 Å². The molecule has 0 atom stereocenters. The Labute approximate surface area is 121 Å². The predicted molar refractivity (Wildman–Crippen MR) is 80.2 cm³/mol. The average Bonchev–Trinajstić information content (AvgIpc) is 2.41. The molecule has 0 aliphatic carbocycles. The molecular weight excluding hydrogens is 304 g/mol. The van der Waals surface area contributed by atoms with Gasteiger partial charge in [-0.2, -0.15) is 0 Å². The molecule has 3 nitrogen and oxygen atoms in total. The maximum atomic E-state index is 12.2. The van der Waals surface area contributed by atoms with Crippen LogP contribution in [0.2, 0.25) is 0 Å². The Kier molecular flexibility index (Phi) is 4.32. The molecule has 2 aromatic rings. The second-order valence-corrected chi connectivity index (χ2v) is 5.37. The van der Waals surface area contributed by atoms with Gasteiger partial charge in [-0.25, -0.2) is 4.98 Å². The number of aromatic nitrogens is 1. The highest BCUT2D eigenvalue weighted by Gasteiger charge is 2.12. The van der Waals surface area contributed by atoms with Crippen LogP contribution >= 0.6 is 15.9 Å². The number of carbonyl (C=O) groups is 1. The van der Waals surface area contributed by atoms with Crippen molar-refractivity contribution in [1.29, 1.82) is 0 Å². The lowest BCUT2D eigenvalue weighted by Gasteiger charge is -2.16. The van der Waals surface area contributed by atoms with E-state index in [1.807, 2.05) is 43.3 Å². The van der Waals surface area contributed by atoms with Crippen molar-refractivity contribution in [3.8, 4) is 0 Å². The van der Waals surface area contributed by atoms with E-state index in [0.717, 1.165) is 10.0 Å². The zero-order chi connectivity index (χ0) is 13.8. The molecule has 0 aliphatic heterocycles. The highest BCUT2D eigenvalue weighted by atomic mass is 79.9. The van der Waals surface area contributed by atoms with Crippen LogP contribution in [0.1, 0.15) is 11.1 Å². The number of hydrogen-bond acceptors (Lipinski definition) is 2. The van der Waals surface area contributed by atoms with E-state index in [0.29, 0.717) is 12.2 Å². The summed E-state index contributed by atoms with van der Waals surface area (Å²) in [7, 11) is 1.74. The molecule has 4 heteroatoms. The summed E-state index contributed by atoms with van der Waals surface area (Å²) in [6.45, 7) is 2.03. The van der Waals surface area contributed by atoms with Crippen molar-refractivity contribution >= 4 is 27.7 Å². The number of pyridine rings is 1. The van der Waals surface area contributed by atoms with E-state index in [1.54, 1.807) is 18.1 Å². The summed E-state index contributed by atoms with van der Waals surface area (Å²) in [5.74, 6) is 0.680. The number of hydrogen-bond donors (Lipinski definition) is 0. The van der Waals surface area contributed by atoms with Crippen LogP contribution in [0, 0.1) is 6.92 Å². The number of halogens is 1. The van der Waals surface area contributed by atoms with Crippen molar-refractivity contribution in [2.75, 3.05) is 11.9 Å². The van der Waals surface area contributed by atoms with Gasteiger partial charge in [0, 0.05) is 17.7 Å². The summed E-state index contributed by atoms with van der Waals surface area (Å²) >= 11 is 3.33. The van der Waals surface area contributed by atoms with Crippen LogP contribution in [-0.4, -0.2) is 17.9 Å². The molecule has 2 rings (SSSR count). The SMILES string of the molecule is Cc1ccc(CC(=O)N(C)c2ccc(Br)cn2)cc1. The molecule has 0 aliphatic rings. The Hall–Kier alpha value is -1.68. The van der Waals surface area contributed by atoms with E-state index < -0.39 is 0 Å². The van der Waals surface area contributed by atoms with E-state index >= 15 is 0 Å². The van der Waals surface area contributed by atoms with Crippen LogP contribution in [0.25, 0.3) is 0 Å². The lowest BCUT2D eigenvalue weighted by atomic mass is 10.1. The zero-order valence-electron chi connectivity index (χ0n) is 10.9. The summed E-state index contributed by atoms with van der Waals surface area (Å²) in [5.41, 5.74) is 2.21. The van der Waals surface area contributed by atoms with Gasteiger partial charge in [0.15, 0.2) is 0 Å². The normalized spacial score (nSPS) is 10.3. The minimum Gasteiger partial charge on any atom is -0.300 e. The number of anilines is 1. The van der Waals surface area contributed by atoms with Crippen molar-refractivity contribution in [2.24, 2.45) is 0 Å². The standard InChI is InChI=1S/C15H15BrN2O/c1-11-3-5-12(6-4-11)9-15(19)18(2)14-8-7-13(16)10-17-14/h3-8,10H,9H2,1-2H3. The molecule has 0 fully saturated rings. The molecule has 98 valence electrons. The van der Waals surface area contributed by atoms with Crippen molar-refractivity contribution in [1.82, 2.24) is 4.98 Å². The number of aryl methyl sites for hydroxylation is 1. The summed E-state index contributed by atoms with van der Waals surface area (Å²) in [5, 5.41) is 0. The summed E-state index contributed by atoms with van der Waals surface area (Å²) in [6.07, 6.45) is 2.07. The van der Waals surface area contributed by atoms with E-state index in [1.165, 1.54) is 5.56 Å². The fraction of sp³-hybridized carbons (Fsp3) is 0.200. The average molecular weight is 319 g/mol. The molecule has 1 aromatic carbocycles. The molecule has 19 heavy (non-hydrogen) atoms. The Morgan fingerprint density at radius 3 is 2.47 bits per heavy atom. The third kappa shape index (κ3) is 3.64. The van der Waals surface area contributed by atoms with Crippen LogP contribution < -0.4 is 4.90 Å². The molecule has 1 amide bonds. The van der Waals surface area contributed by atoms with Crippen molar-refractivity contribution in [3.05, 3.63) is 58.2 Å². The summed E-state index contributed by atoms with van der Waals surface area (Å²) in [6, 6.07) is 11.7. The van der Waals surface area contributed by atoms with E-state index in [9.17, 15) is 4.79 Å². The van der Waals surface area contributed by atoms with Gasteiger partial charge in [-0.1, -0.05) is 29.8 Å². The van der Waals surface area contributed by atoms with Crippen LogP contribution in [-0.2, 0) is 11.2 Å². The molecule has 0 radical (unpaired) electrons. The van der Waals surface area contributed by atoms with Crippen molar-refractivity contribution in [3.63, 3.8) is 0 Å². The predicted octanol–water partition coefficient (Wildman–Crippen LogP) is 3.36. The van der Waals surface area contributed by atoms with Crippen LogP contribution in [0.15, 0.2) is 47.1 Å². The van der Waals surface area contributed by atoms with Crippen LogP contribution in [0.4, 0.5) is 5.82 Å².